The summed E-state index contributed by atoms with van der Waals surface area (Å²) in [6.45, 7) is 10.1. The molecule has 1 N–H and O–H groups in total. The predicted octanol–water partition coefficient (Wildman–Crippen LogP) is 9.48. The maximum absolute atomic E-state index is 13.3. The smallest absolute Gasteiger partial charge is 0.223 e. The highest BCUT2D eigenvalue weighted by molar-refractivity contribution is 7.14. The number of ketones is 1. The third kappa shape index (κ3) is 10.3. The number of aromatic nitrogens is 2. The number of Topliss-reactive ketones (excluding diaryl/α,β-unsaturated/α-hetero) is 1. The number of ether oxygens (including phenoxy) is 1. The van der Waals surface area contributed by atoms with Crippen LogP contribution in [0.1, 0.15) is 99.2 Å². The minimum Gasteiger partial charge on any atom is -0.494 e. The summed E-state index contributed by atoms with van der Waals surface area (Å²) in [5, 5.41) is 3.11. The molecule has 6 nitrogen and oxygen atoms in total. The van der Waals surface area contributed by atoms with Crippen LogP contribution in [0.2, 0.25) is 0 Å². The van der Waals surface area contributed by atoms with Crippen molar-refractivity contribution < 1.29 is 14.3 Å². The molecule has 5 rings (SSSR count). The van der Waals surface area contributed by atoms with Crippen LogP contribution in [0, 0.1) is 11.8 Å². The Morgan fingerprint density at radius 2 is 1.55 bits per heavy atom. The number of benzene rings is 2. The standard InChI is InChI=1S/C40H49N3O3S/c1-5-6-7-8-9-22-46-34-18-16-30(17-19-34)33-26-41-38(42-27-33)31-14-12-28(13-15-31)23-32(39(45)43-25-29-10-11-29)24-35(44)36-20-21-37(47-36)40(2,3)4/h12-21,26-27,29,32H,5-11,22-25H2,1-4H3,(H,43,45)/t32-/m1/s1. The first kappa shape index (κ1) is 34.5. The minimum atomic E-state index is -0.426. The molecule has 1 fully saturated rings. The molecule has 7 heteroatoms. The number of hydrogen-bond acceptors (Lipinski definition) is 6. The number of rotatable bonds is 17. The maximum Gasteiger partial charge on any atom is 0.223 e. The highest BCUT2D eigenvalue weighted by atomic mass is 32.1. The molecule has 47 heavy (non-hydrogen) atoms. The first-order chi connectivity index (χ1) is 22.7. The fraction of sp³-hybridized carbons (Fsp3) is 0.450. The van der Waals surface area contributed by atoms with Crippen molar-refractivity contribution in [3.8, 4) is 28.3 Å². The number of carbonyl (C=O) groups excluding carboxylic acids is 2. The van der Waals surface area contributed by atoms with Crippen LogP contribution >= 0.6 is 11.3 Å². The lowest BCUT2D eigenvalue weighted by Gasteiger charge is -2.17. The van der Waals surface area contributed by atoms with Gasteiger partial charge in [-0.15, -0.1) is 11.3 Å². The van der Waals surface area contributed by atoms with Crippen molar-refractivity contribution >= 4 is 23.0 Å². The van der Waals surface area contributed by atoms with Crippen LogP contribution in [0.3, 0.4) is 0 Å². The fourth-order valence-electron chi connectivity index (χ4n) is 5.52. The van der Waals surface area contributed by atoms with Gasteiger partial charge >= 0.3 is 0 Å². The molecular weight excluding hydrogens is 603 g/mol. The van der Waals surface area contributed by atoms with Crippen molar-refractivity contribution in [1.29, 1.82) is 0 Å². The average molecular weight is 652 g/mol. The zero-order valence-corrected chi connectivity index (χ0v) is 29.2. The number of nitrogens with zero attached hydrogens (tertiary/aromatic N) is 2. The summed E-state index contributed by atoms with van der Waals surface area (Å²) in [4.78, 5) is 37.8. The number of thiophene rings is 1. The van der Waals surface area contributed by atoms with E-state index in [1.54, 1.807) is 11.3 Å². The number of hydrogen-bond donors (Lipinski definition) is 1. The van der Waals surface area contributed by atoms with Crippen LogP contribution < -0.4 is 10.1 Å². The molecular formula is C40H49N3O3S. The Balaban J connectivity index is 1.19. The molecule has 2 aromatic carbocycles. The van der Waals surface area contributed by atoms with Crippen molar-refractivity contribution in [3.05, 3.63) is 88.4 Å². The Hall–Kier alpha value is -3.84. The fourth-order valence-corrected chi connectivity index (χ4v) is 6.54. The van der Waals surface area contributed by atoms with E-state index in [0.29, 0.717) is 24.7 Å². The van der Waals surface area contributed by atoms with E-state index < -0.39 is 5.92 Å². The van der Waals surface area contributed by atoms with Gasteiger partial charge in [0, 0.05) is 47.3 Å². The topological polar surface area (TPSA) is 81.2 Å². The van der Waals surface area contributed by atoms with Gasteiger partial charge in [0.25, 0.3) is 0 Å². The molecule has 0 aliphatic heterocycles. The Labute approximate surface area is 284 Å². The molecule has 1 atom stereocenters. The molecule has 1 amide bonds. The van der Waals surface area contributed by atoms with Crippen molar-refractivity contribution in [3.63, 3.8) is 0 Å². The van der Waals surface area contributed by atoms with E-state index in [1.807, 2.05) is 73.1 Å². The number of unbranched alkanes of at least 4 members (excludes halogenated alkanes) is 4. The summed E-state index contributed by atoms with van der Waals surface area (Å²) < 4.78 is 5.91. The Morgan fingerprint density at radius 3 is 2.19 bits per heavy atom. The van der Waals surface area contributed by atoms with E-state index in [4.69, 9.17) is 4.74 Å². The maximum atomic E-state index is 13.3. The van der Waals surface area contributed by atoms with Crippen molar-refractivity contribution in [1.82, 2.24) is 15.3 Å². The van der Waals surface area contributed by atoms with Crippen LogP contribution in [-0.4, -0.2) is 34.8 Å². The zero-order valence-electron chi connectivity index (χ0n) is 28.4. The van der Waals surface area contributed by atoms with Gasteiger partial charge in [-0.2, -0.15) is 0 Å². The lowest BCUT2D eigenvalue weighted by molar-refractivity contribution is -0.125. The van der Waals surface area contributed by atoms with Gasteiger partial charge < -0.3 is 10.1 Å². The molecule has 2 heterocycles. The lowest BCUT2D eigenvalue weighted by atomic mass is 9.92. The van der Waals surface area contributed by atoms with E-state index in [9.17, 15) is 9.59 Å². The second kappa shape index (κ2) is 16.3. The summed E-state index contributed by atoms with van der Waals surface area (Å²) in [6, 6.07) is 20.1. The van der Waals surface area contributed by atoms with Gasteiger partial charge in [-0.05, 0) is 72.4 Å². The molecule has 1 saturated carbocycles. The molecule has 0 unspecified atom stereocenters. The van der Waals surface area contributed by atoms with Gasteiger partial charge in [0.2, 0.25) is 5.91 Å². The summed E-state index contributed by atoms with van der Waals surface area (Å²) >= 11 is 1.54. The molecule has 1 aliphatic rings. The van der Waals surface area contributed by atoms with E-state index in [1.165, 1.54) is 43.4 Å². The molecule has 2 aromatic heterocycles. The van der Waals surface area contributed by atoms with Gasteiger partial charge in [-0.3, -0.25) is 9.59 Å². The van der Waals surface area contributed by atoms with Gasteiger partial charge in [0.05, 0.1) is 11.5 Å². The van der Waals surface area contributed by atoms with E-state index in [2.05, 4.69) is 43.0 Å². The largest absolute Gasteiger partial charge is 0.494 e. The third-order valence-corrected chi connectivity index (χ3v) is 10.3. The first-order valence-corrected chi connectivity index (χ1v) is 18.1. The highest BCUT2D eigenvalue weighted by Crippen LogP contribution is 2.32. The van der Waals surface area contributed by atoms with Gasteiger partial charge in [-0.1, -0.05) is 89.8 Å². The molecule has 0 saturated heterocycles. The molecule has 248 valence electrons. The summed E-state index contributed by atoms with van der Waals surface area (Å²) in [7, 11) is 0. The SMILES string of the molecule is CCCCCCCOc1ccc(-c2cnc(-c3ccc(C[C@H](CC(=O)c4ccc(C(C)(C)C)s4)C(=O)NCC4CC4)cc3)nc2)cc1. The van der Waals surface area contributed by atoms with Crippen LogP contribution in [0.15, 0.2) is 73.1 Å². The van der Waals surface area contributed by atoms with Gasteiger partial charge in [0.1, 0.15) is 5.75 Å². The highest BCUT2D eigenvalue weighted by Gasteiger charge is 2.28. The van der Waals surface area contributed by atoms with Crippen LogP contribution in [-0.2, 0) is 16.6 Å². The minimum absolute atomic E-state index is 0.0102. The van der Waals surface area contributed by atoms with Crippen LogP contribution in [0.4, 0.5) is 0 Å². The zero-order chi connectivity index (χ0) is 33.2. The molecule has 0 spiro atoms. The number of nitrogens with one attached hydrogen (secondary N) is 1. The molecule has 0 bridgehead atoms. The van der Waals surface area contributed by atoms with Crippen LogP contribution in [0.25, 0.3) is 22.5 Å². The third-order valence-electron chi connectivity index (χ3n) is 8.73. The quantitative estimate of drug-likeness (QED) is 0.0909. The monoisotopic (exact) mass is 651 g/mol. The molecule has 0 radical (unpaired) electrons. The second-order valence-corrected chi connectivity index (χ2v) is 15.0. The summed E-state index contributed by atoms with van der Waals surface area (Å²) in [6.07, 6.45) is 12.8. The van der Waals surface area contributed by atoms with Crippen LogP contribution in [0.5, 0.6) is 5.75 Å². The average Bonchev–Trinajstić information content (AvgIpc) is 3.76. The Morgan fingerprint density at radius 1 is 0.872 bits per heavy atom. The number of amides is 1. The van der Waals surface area contributed by atoms with Gasteiger partial charge in [-0.25, -0.2) is 9.97 Å². The van der Waals surface area contributed by atoms with Crippen molar-refractivity contribution in [2.24, 2.45) is 11.8 Å². The van der Waals surface area contributed by atoms with E-state index in [-0.39, 0.29) is 23.5 Å². The summed E-state index contributed by atoms with van der Waals surface area (Å²) in [5.41, 5.74) is 3.89. The van der Waals surface area contributed by atoms with Crippen molar-refractivity contribution in [2.45, 2.75) is 90.9 Å². The Kier molecular flexibility index (Phi) is 12.0. The summed E-state index contributed by atoms with van der Waals surface area (Å²) in [5.74, 6) is 1.67. The number of carbonyl (C=O) groups is 2. The lowest BCUT2D eigenvalue weighted by Crippen LogP contribution is -2.34. The second-order valence-electron chi connectivity index (χ2n) is 13.9. The molecule has 1 aliphatic carbocycles. The normalized spacial score (nSPS) is 13.7. The predicted molar refractivity (Wildman–Crippen MR) is 192 cm³/mol. The Bertz CT molecular complexity index is 1580. The van der Waals surface area contributed by atoms with E-state index >= 15 is 0 Å². The van der Waals surface area contributed by atoms with E-state index in [0.717, 1.165) is 45.9 Å². The van der Waals surface area contributed by atoms with Crippen molar-refractivity contribution in [2.75, 3.05) is 13.2 Å². The molecule has 4 aromatic rings. The van der Waals surface area contributed by atoms with Gasteiger partial charge in [0.15, 0.2) is 11.6 Å². The first-order valence-electron chi connectivity index (χ1n) is 17.3.